The first-order valence-electron chi connectivity index (χ1n) is 9.49. The van der Waals surface area contributed by atoms with Gasteiger partial charge in [0, 0.05) is 12.1 Å². The van der Waals surface area contributed by atoms with Crippen LogP contribution in [-0.2, 0) is 32.0 Å². The molecule has 0 fully saturated rings. The zero-order chi connectivity index (χ0) is 21.7. The average Bonchev–Trinajstić information content (AvgIpc) is 2.72. The van der Waals surface area contributed by atoms with Gasteiger partial charge in [-0.3, -0.25) is 24.1 Å². The lowest BCUT2D eigenvalue weighted by molar-refractivity contribution is -0.156. The molecule has 0 unspecified atom stereocenters. The lowest BCUT2D eigenvalue weighted by Gasteiger charge is -2.26. The number of imide groups is 1. The van der Waals surface area contributed by atoms with E-state index in [2.05, 4.69) is 5.32 Å². The lowest BCUT2D eigenvalue weighted by atomic mass is 9.98. The first-order valence-corrected chi connectivity index (χ1v) is 9.49. The third-order valence-corrected chi connectivity index (χ3v) is 4.73. The molecule has 0 aromatic heterocycles. The summed E-state index contributed by atoms with van der Waals surface area (Å²) in [5, 5.41) is 2.63. The van der Waals surface area contributed by atoms with Gasteiger partial charge in [-0.15, -0.1) is 0 Å². The Bertz CT molecular complexity index is 974. The zero-order valence-electron chi connectivity index (χ0n) is 16.4. The summed E-state index contributed by atoms with van der Waals surface area (Å²) >= 11 is 0. The van der Waals surface area contributed by atoms with Crippen LogP contribution >= 0.6 is 0 Å². The predicted octanol–water partition coefficient (Wildman–Crippen LogP) is 1.64. The van der Waals surface area contributed by atoms with Gasteiger partial charge in [-0.25, -0.2) is 4.39 Å². The molecule has 0 aliphatic carbocycles. The van der Waals surface area contributed by atoms with Crippen molar-refractivity contribution in [2.75, 3.05) is 13.1 Å². The zero-order valence-corrected chi connectivity index (χ0v) is 16.4. The predicted molar refractivity (Wildman–Crippen MR) is 105 cm³/mol. The molecule has 156 valence electrons. The molecule has 0 radical (unpaired) electrons. The van der Waals surface area contributed by atoms with Gasteiger partial charge in [0.15, 0.2) is 6.10 Å². The Hall–Kier alpha value is -3.55. The van der Waals surface area contributed by atoms with Gasteiger partial charge in [-0.2, -0.15) is 0 Å². The quantitative estimate of drug-likeness (QED) is 0.551. The molecule has 30 heavy (non-hydrogen) atoms. The van der Waals surface area contributed by atoms with Gasteiger partial charge in [0.1, 0.15) is 12.4 Å². The van der Waals surface area contributed by atoms with Gasteiger partial charge in [-0.05, 0) is 42.7 Å². The van der Waals surface area contributed by atoms with Crippen molar-refractivity contribution in [2.45, 2.75) is 25.9 Å². The Balaban J connectivity index is 1.48. The summed E-state index contributed by atoms with van der Waals surface area (Å²) in [6.07, 6.45) is -0.578. The molecule has 0 bridgehead atoms. The molecule has 0 saturated heterocycles. The lowest BCUT2D eigenvalue weighted by Crippen LogP contribution is -2.46. The van der Waals surface area contributed by atoms with Gasteiger partial charge in [0.2, 0.25) is 5.91 Å². The molecule has 1 heterocycles. The Morgan fingerprint density at radius 3 is 2.57 bits per heavy atom. The molecular weight excluding hydrogens is 391 g/mol. The molecular formula is C22H21FN2O5. The van der Waals surface area contributed by atoms with E-state index in [9.17, 15) is 23.6 Å². The van der Waals surface area contributed by atoms with Crippen LogP contribution in [0.15, 0.2) is 48.5 Å². The molecule has 3 amide bonds. The number of esters is 1. The maximum atomic E-state index is 12.9. The highest BCUT2D eigenvalue weighted by atomic mass is 19.1. The summed E-state index contributed by atoms with van der Waals surface area (Å²) in [5.74, 6) is -2.75. The van der Waals surface area contributed by atoms with E-state index in [1.165, 1.54) is 19.1 Å². The number of carbonyl (C=O) groups is 4. The van der Waals surface area contributed by atoms with Crippen molar-refractivity contribution in [3.05, 3.63) is 71.0 Å². The molecule has 0 spiro atoms. The summed E-state index contributed by atoms with van der Waals surface area (Å²) in [6.45, 7) is 1.13. The third kappa shape index (κ3) is 5.08. The molecule has 0 saturated carbocycles. The number of rotatable bonds is 7. The summed E-state index contributed by atoms with van der Waals surface area (Å²) in [4.78, 5) is 49.8. The average molecular weight is 412 g/mol. The van der Waals surface area contributed by atoms with E-state index in [0.717, 1.165) is 10.5 Å². The number of halogens is 1. The van der Waals surface area contributed by atoms with E-state index in [-0.39, 0.29) is 18.8 Å². The van der Waals surface area contributed by atoms with Gasteiger partial charge in [0.25, 0.3) is 11.8 Å². The summed E-state index contributed by atoms with van der Waals surface area (Å²) in [5.41, 5.74) is 1.84. The third-order valence-electron chi connectivity index (χ3n) is 4.73. The van der Waals surface area contributed by atoms with E-state index in [1.807, 2.05) is 0 Å². The Morgan fingerprint density at radius 2 is 1.83 bits per heavy atom. The highest BCUT2D eigenvalue weighted by Gasteiger charge is 2.33. The number of carbonyl (C=O) groups excluding carboxylic acids is 4. The maximum Gasteiger partial charge on any atom is 0.326 e. The van der Waals surface area contributed by atoms with Gasteiger partial charge in [-0.1, -0.05) is 30.3 Å². The van der Waals surface area contributed by atoms with Crippen molar-refractivity contribution in [2.24, 2.45) is 0 Å². The molecule has 7 nitrogen and oxygen atoms in total. The number of ether oxygens (including phenoxy) is 1. The fraction of sp³-hybridized carbons (Fsp3) is 0.273. The topological polar surface area (TPSA) is 92.8 Å². The second kappa shape index (κ2) is 9.30. The first-order chi connectivity index (χ1) is 14.3. The van der Waals surface area contributed by atoms with Gasteiger partial charge in [0.05, 0.1) is 6.42 Å². The number of benzene rings is 2. The van der Waals surface area contributed by atoms with E-state index < -0.39 is 36.3 Å². The van der Waals surface area contributed by atoms with Crippen LogP contribution in [0.3, 0.4) is 0 Å². The number of amides is 3. The van der Waals surface area contributed by atoms with Crippen molar-refractivity contribution >= 4 is 23.7 Å². The van der Waals surface area contributed by atoms with Crippen LogP contribution in [0.5, 0.6) is 0 Å². The van der Waals surface area contributed by atoms with Crippen LogP contribution < -0.4 is 5.32 Å². The van der Waals surface area contributed by atoms with Crippen LogP contribution in [0.1, 0.15) is 28.4 Å². The molecule has 1 N–H and O–H groups in total. The molecule has 1 aliphatic rings. The van der Waals surface area contributed by atoms with Crippen molar-refractivity contribution in [1.82, 2.24) is 10.2 Å². The molecule has 8 heteroatoms. The Kier molecular flexibility index (Phi) is 6.56. The Labute approximate surface area is 172 Å². The fourth-order valence-electron chi connectivity index (χ4n) is 3.10. The summed E-state index contributed by atoms with van der Waals surface area (Å²) in [7, 11) is 0. The van der Waals surface area contributed by atoms with Crippen molar-refractivity contribution in [3.8, 4) is 0 Å². The molecule has 3 rings (SSSR count). The fourth-order valence-corrected chi connectivity index (χ4v) is 3.10. The minimum atomic E-state index is -1.09. The van der Waals surface area contributed by atoms with E-state index >= 15 is 0 Å². The van der Waals surface area contributed by atoms with E-state index in [1.54, 1.807) is 36.4 Å². The van der Waals surface area contributed by atoms with E-state index in [0.29, 0.717) is 17.5 Å². The van der Waals surface area contributed by atoms with Gasteiger partial charge >= 0.3 is 5.97 Å². The largest absolute Gasteiger partial charge is 0.451 e. The van der Waals surface area contributed by atoms with Crippen LogP contribution in [0.2, 0.25) is 0 Å². The monoisotopic (exact) mass is 412 g/mol. The molecule has 2 aromatic carbocycles. The van der Waals surface area contributed by atoms with Crippen molar-refractivity contribution < 1.29 is 28.3 Å². The second-order valence-corrected chi connectivity index (χ2v) is 6.92. The number of nitrogens with zero attached hydrogens (tertiary/aromatic N) is 1. The number of hydrogen-bond donors (Lipinski definition) is 1. The number of nitrogens with one attached hydrogen (secondary N) is 1. The normalized spacial score (nSPS) is 14.1. The second-order valence-electron chi connectivity index (χ2n) is 6.92. The minimum Gasteiger partial charge on any atom is -0.451 e. The van der Waals surface area contributed by atoms with Gasteiger partial charge < -0.3 is 10.1 Å². The maximum absolute atomic E-state index is 12.9. The van der Waals surface area contributed by atoms with Crippen LogP contribution in [0.4, 0.5) is 4.39 Å². The molecule has 2 aromatic rings. The SMILES string of the molecule is C[C@H](OC(=O)CN1C(=O)Cc2ccccc2C1=O)C(=O)NCCc1ccc(F)cc1. The number of fused-ring (bicyclic) bond motifs is 1. The standard InChI is InChI=1S/C22H21FN2O5/c1-14(21(28)24-11-10-15-6-8-17(23)9-7-15)30-20(27)13-25-19(26)12-16-4-2-3-5-18(16)22(25)29/h2-9,14H,10-13H2,1H3,(H,24,28)/t14-/m0/s1. The highest BCUT2D eigenvalue weighted by Crippen LogP contribution is 2.19. The molecule has 1 aliphatic heterocycles. The van der Waals surface area contributed by atoms with Crippen molar-refractivity contribution in [3.63, 3.8) is 0 Å². The minimum absolute atomic E-state index is 0.0224. The Morgan fingerprint density at radius 1 is 1.13 bits per heavy atom. The van der Waals surface area contributed by atoms with E-state index in [4.69, 9.17) is 4.74 Å². The van der Waals surface area contributed by atoms with Crippen LogP contribution in [0, 0.1) is 5.82 Å². The smallest absolute Gasteiger partial charge is 0.326 e. The highest BCUT2D eigenvalue weighted by molar-refractivity contribution is 6.11. The summed E-state index contributed by atoms with van der Waals surface area (Å²) in [6, 6.07) is 12.6. The first kappa shape index (κ1) is 21.2. The number of hydrogen-bond acceptors (Lipinski definition) is 5. The van der Waals surface area contributed by atoms with Crippen LogP contribution in [-0.4, -0.2) is 47.8 Å². The van der Waals surface area contributed by atoms with Crippen molar-refractivity contribution in [1.29, 1.82) is 0 Å². The molecule has 1 atom stereocenters. The van der Waals surface area contributed by atoms with Crippen LogP contribution in [0.25, 0.3) is 0 Å². The summed E-state index contributed by atoms with van der Waals surface area (Å²) < 4.78 is 18.0.